The lowest BCUT2D eigenvalue weighted by Gasteiger charge is -2.13. The minimum atomic E-state index is -0.588. The number of carbonyl (C=O) groups excluding carboxylic acids is 3. The van der Waals surface area contributed by atoms with Crippen molar-refractivity contribution < 1.29 is 19.1 Å². The minimum Gasteiger partial charge on any atom is -0.462 e. The molecule has 0 N–H and O–H groups in total. The predicted octanol–water partition coefficient (Wildman–Crippen LogP) is 2.63. The fourth-order valence-corrected chi connectivity index (χ4v) is 3.07. The molecule has 0 aliphatic carbocycles. The largest absolute Gasteiger partial charge is 0.462 e. The normalized spacial score (nSPS) is 16.8. The lowest BCUT2D eigenvalue weighted by atomic mass is 10.2. The Kier molecular flexibility index (Phi) is 4.99. The van der Waals surface area contributed by atoms with Gasteiger partial charge in [-0.25, -0.2) is 0 Å². The summed E-state index contributed by atoms with van der Waals surface area (Å²) in [6, 6.07) is 1.95. The fraction of sp³-hybridized carbons (Fsp3) is 0.438. The van der Waals surface area contributed by atoms with Crippen molar-refractivity contribution in [2.75, 3.05) is 6.54 Å². The Balaban J connectivity index is 2.19. The maximum atomic E-state index is 12.3. The van der Waals surface area contributed by atoms with E-state index in [2.05, 4.69) is 0 Å². The van der Waals surface area contributed by atoms with Crippen LogP contribution < -0.4 is 0 Å². The molecule has 0 saturated carbocycles. The summed E-state index contributed by atoms with van der Waals surface area (Å²) in [5.41, 5.74) is 2.96. The number of carbonyl (C=O) groups is 3. The molecule has 0 spiro atoms. The van der Waals surface area contributed by atoms with Crippen LogP contribution in [0.15, 0.2) is 11.0 Å². The minimum absolute atomic E-state index is 0.284. The van der Waals surface area contributed by atoms with Crippen LogP contribution in [-0.2, 0) is 21.4 Å². The summed E-state index contributed by atoms with van der Waals surface area (Å²) in [6.45, 7) is 6.99. The van der Waals surface area contributed by atoms with E-state index in [4.69, 9.17) is 4.74 Å². The first-order valence-corrected chi connectivity index (χ1v) is 8.10. The monoisotopic (exact) mass is 336 g/mol. The van der Waals surface area contributed by atoms with Crippen LogP contribution in [0.25, 0.3) is 6.08 Å². The number of aryl methyl sites for hydroxylation is 1. The Labute approximate surface area is 139 Å². The highest BCUT2D eigenvalue weighted by atomic mass is 32.2. The average molecular weight is 336 g/mol. The maximum Gasteiger partial charge on any atom is 0.326 e. The van der Waals surface area contributed by atoms with E-state index < -0.39 is 17.1 Å². The SMILES string of the molecule is Cc1cc(/C=C2\SC(=O)N(CC(=O)OC(C)C)C2=O)c(C)n1C. The Morgan fingerprint density at radius 3 is 2.52 bits per heavy atom. The third-order valence-electron chi connectivity index (χ3n) is 3.63. The van der Waals surface area contributed by atoms with Gasteiger partial charge in [0.25, 0.3) is 11.1 Å². The molecule has 6 nitrogen and oxygen atoms in total. The zero-order chi connectivity index (χ0) is 17.3. The van der Waals surface area contributed by atoms with Gasteiger partial charge in [-0.15, -0.1) is 0 Å². The Bertz CT molecular complexity index is 703. The summed E-state index contributed by atoms with van der Waals surface area (Å²) < 4.78 is 6.99. The summed E-state index contributed by atoms with van der Waals surface area (Å²) in [5, 5.41) is -0.452. The van der Waals surface area contributed by atoms with E-state index in [1.807, 2.05) is 31.5 Å². The van der Waals surface area contributed by atoms with Gasteiger partial charge < -0.3 is 9.30 Å². The van der Waals surface area contributed by atoms with Gasteiger partial charge >= 0.3 is 5.97 Å². The van der Waals surface area contributed by atoms with Crippen LogP contribution in [0.1, 0.15) is 30.8 Å². The lowest BCUT2D eigenvalue weighted by molar-refractivity contribution is -0.149. The molecule has 2 rings (SSSR count). The highest BCUT2D eigenvalue weighted by Crippen LogP contribution is 2.33. The molecule has 0 unspecified atom stereocenters. The molecule has 23 heavy (non-hydrogen) atoms. The molecule has 2 amide bonds. The van der Waals surface area contributed by atoms with Crippen LogP contribution >= 0.6 is 11.8 Å². The predicted molar refractivity (Wildman–Crippen MR) is 88.8 cm³/mol. The topological polar surface area (TPSA) is 68.6 Å². The molecule has 0 aromatic carbocycles. The number of nitrogens with zero attached hydrogens (tertiary/aromatic N) is 2. The number of rotatable bonds is 4. The molecule has 1 saturated heterocycles. The van der Waals surface area contributed by atoms with Gasteiger partial charge in [0, 0.05) is 18.4 Å². The first-order valence-electron chi connectivity index (χ1n) is 7.28. The number of thioether (sulfide) groups is 1. The Hall–Kier alpha value is -2.02. The van der Waals surface area contributed by atoms with E-state index in [1.54, 1.807) is 19.9 Å². The van der Waals surface area contributed by atoms with Crippen LogP contribution in [0, 0.1) is 13.8 Å². The van der Waals surface area contributed by atoms with Gasteiger partial charge in [0.1, 0.15) is 6.54 Å². The molecule has 7 heteroatoms. The molecule has 0 atom stereocenters. The van der Waals surface area contributed by atoms with Crippen LogP contribution in [0.4, 0.5) is 4.79 Å². The molecular formula is C16H20N2O4S. The van der Waals surface area contributed by atoms with Gasteiger partial charge in [0.05, 0.1) is 11.0 Å². The summed E-state index contributed by atoms with van der Waals surface area (Å²) in [7, 11) is 1.94. The fourth-order valence-electron chi connectivity index (χ4n) is 2.24. The Morgan fingerprint density at radius 2 is 2.00 bits per heavy atom. The molecule has 0 radical (unpaired) electrons. The smallest absolute Gasteiger partial charge is 0.326 e. The van der Waals surface area contributed by atoms with Gasteiger partial charge in [-0.2, -0.15) is 0 Å². The molecule has 1 aliphatic heterocycles. The van der Waals surface area contributed by atoms with Crippen LogP contribution in [0.5, 0.6) is 0 Å². The zero-order valence-electron chi connectivity index (χ0n) is 13.9. The van der Waals surface area contributed by atoms with Crippen molar-refractivity contribution in [1.82, 2.24) is 9.47 Å². The molecule has 1 aliphatic rings. The van der Waals surface area contributed by atoms with Crippen molar-refractivity contribution in [3.63, 3.8) is 0 Å². The van der Waals surface area contributed by atoms with Crippen molar-refractivity contribution in [3.05, 3.63) is 27.9 Å². The summed E-state index contributed by atoms with van der Waals surface area (Å²) in [5.74, 6) is -1.04. The second-order valence-corrected chi connectivity index (χ2v) is 6.69. The van der Waals surface area contributed by atoms with Crippen molar-refractivity contribution in [1.29, 1.82) is 0 Å². The lowest BCUT2D eigenvalue weighted by Crippen LogP contribution is -2.35. The third kappa shape index (κ3) is 3.67. The van der Waals surface area contributed by atoms with Gasteiger partial charge in [-0.05, 0) is 57.2 Å². The van der Waals surface area contributed by atoms with E-state index >= 15 is 0 Å². The highest BCUT2D eigenvalue weighted by molar-refractivity contribution is 8.18. The second kappa shape index (κ2) is 6.62. The van der Waals surface area contributed by atoms with Crippen molar-refractivity contribution in [3.8, 4) is 0 Å². The number of ether oxygens (including phenoxy) is 1. The van der Waals surface area contributed by atoms with Gasteiger partial charge in [-0.3, -0.25) is 19.3 Å². The molecular weight excluding hydrogens is 316 g/mol. The number of esters is 1. The number of hydrogen-bond acceptors (Lipinski definition) is 5. The highest BCUT2D eigenvalue weighted by Gasteiger charge is 2.36. The van der Waals surface area contributed by atoms with Crippen molar-refractivity contribution >= 4 is 35.0 Å². The van der Waals surface area contributed by atoms with E-state index in [0.717, 1.165) is 33.6 Å². The molecule has 1 fully saturated rings. The van der Waals surface area contributed by atoms with Crippen LogP contribution in [-0.4, -0.2) is 39.2 Å². The molecule has 124 valence electrons. The summed E-state index contributed by atoms with van der Waals surface area (Å²) in [4.78, 5) is 37.2. The molecule has 1 aromatic heterocycles. The molecule has 0 bridgehead atoms. The van der Waals surface area contributed by atoms with Crippen molar-refractivity contribution in [2.45, 2.75) is 33.8 Å². The van der Waals surface area contributed by atoms with E-state index in [-0.39, 0.29) is 12.6 Å². The van der Waals surface area contributed by atoms with Crippen LogP contribution in [0.3, 0.4) is 0 Å². The number of imide groups is 1. The summed E-state index contributed by atoms with van der Waals surface area (Å²) in [6.07, 6.45) is 1.41. The van der Waals surface area contributed by atoms with Gasteiger partial charge in [0.2, 0.25) is 0 Å². The van der Waals surface area contributed by atoms with Gasteiger partial charge in [0.15, 0.2) is 0 Å². The maximum absolute atomic E-state index is 12.3. The molecule has 2 heterocycles. The number of hydrogen-bond donors (Lipinski definition) is 0. The second-order valence-electron chi connectivity index (χ2n) is 5.69. The Morgan fingerprint density at radius 1 is 1.35 bits per heavy atom. The third-order valence-corrected chi connectivity index (χ3v) is 4.54. The van der Waals surface area contributed by atoms with E-state index in [9.17, 15) is 14.4 Å². The van der Waals surface area contributed by atoms with Gasteiger partial charge in [-0.1, -0.05) is 0 Å². The van der Waals surface area contributed by atoms with E-state index in [0.29, 0.717) is 4.91 Å². The number of amides is 2. The number of aromatic nitrogens is 1. The van der Waals surface area contributed by atoms with E-state index in [1.165, 1.54) is 0 Å². The van der Waals surface area contributed by atoms with Crippen molar-refractivity contribution in [2.24, 2.45) is 7.05 Å². The quantitative estimate of drug-likeness (QED) is 0.624. The first-order chi connectivity index (χ1) is 10.7. The van der Waals surface area contributed by atoms with Crippen LogP contribution in [0.2, 0.25) is 0 Å². The average Bonchev–Trinajstić information content (AvgIpc) is 2.84. The standard InChI is InChI=1S/C16H20N2O4S/c1-9(2)22-14(19)8-18-15(20)13(23-16(18)21)7-12-6-10(3)17(5)11(12)4/h6-7,9H,8H2,1-5H3/b13-7-. The first kappa shape index (κ1) is 17.3. The molecule has 1 aromatic rings. The zero-order valence-corrected chi connectivity index (χ0v) is 14.7. The summed E-state index contributed by atoms with van der Waals surface area (Å²) >= 11 is 0.843.